The Labute approximate surface area is 160 Å². The minimum atomic E-state index is -0.169. The molecule has 1 fully saturated rings. The average Bonchev–Trinajstić information content (AvgIpc) is 2.93. The highest BCUT2D eigenvalue weighted by Gasteiger charge is 2.23. The molecular formula is C21H28N4O2. The molecule has 1 saturated heterocycles. The molecule has 6 heteroatoms. The van der Waals surface area contributed by atoms with Gasteiger partial charge >= 0.3 is 0 Å². The third-order valence-electron chi connectivity index (χ3n) is 5.74. The Kier molecular flexibility index (Phi) is 5.16. The summed E-state index contributed by atoms with van der Waals surface area (Å²) in [6.07, 6.45) is 5.14. The van der Waals surface area contributed by atoms with Crippen molar-refractivity contribution in [2.24, 2.45) is 0 Å². The summed E-state index contributed by atoms with van der Waals surface area (Å²) in [4.78, 5) is 17.5. The molecule has 0 spiro atoms. The highest BCUT2D eigenvalue weighted by atomic mass is 16.5. The van der Waals surface area contributed by atoms with Crippen LogP contribution in [0.15, 0.2) is 22.7 Å². The number of aromatic nitrogens is 1. The third-order valence-corrected chi connectivity index (χ3v) is 5.74. The van der Waals surface area contributed by atoms with Gasteiger partial charge in [0.1, 0.15) is 5.76 Å². The van der Waals surface area contributed by atoms with E-state index in [1.54, 1.807) is 0 Å². The third kappa shape index (κ3) is 3.86. The van der Waals surface area contributed by atoms with Crippen molar-refractivity contribution in [2.45, 2.75) is 39.0 Å². The van der Waals surface area contributed by atoms with E-state index < -0.39 is 0 Å². The van der Waals surface area contributed by atoms with Gasteiger partial charge in [-0.25, -0.2) is 0 Å². The summed E-state index contributed by atoms with van der Waals surface area (Å²) in [6, 6.07) is 6.25. The lowest BCUT2D eigenvalue weighted by molar-refractivity contribution is 0.101. The molecule has 1 N–H and O–H groups in total. The number of aryl methyl sites for hydroxylation is 2. The molecule has 6 nitrogen and oxygen atoms in total. The lowest BCUT2D eigenvalue weighted by atomic mass is 10.1. The van der Waals surface area contributed by atoms with E-state index in [1.165, 1.54) is 12.1 Å². The summed E-state index contributed by atoms with van der Waals surface area (Å²) >= 11 is 0. The second kappa shape index (κ2) is 7.72. The summed E-state index contributed by atoms with van der Waals surface area (Å²) in [5.74, 6) is 0.720. The van der Waals surface area contributed by atoms with E-state index in [1.807, 2.05) is 13.0 Å². The minimum absolute atomic E-state index is 0.169. The smallest absolute Gasteiger partial charge is 0.278 e. The van der Waals surface area contributed by atoms with Gasteiger partial charge in [-0.1, -0.05) is 11.6 Å². The number of carbonyl (C=O) groups excluding carboxylic acids is 1. The first-order valence-corrected chi connectivity index (χ1v) is 9.95. The second-order valence-corrected chi connectivity index (χ2v) is 7.74. The van der Waals surface area contributed by atoms with Crippen molar-refractivity contribution in [3.8, 4) is 0 Å². The van der Waals surface area contributed by atoms with Gasteiger partial charge in [0.05, 0.1) is 0 Å². The summed E-state index contributed by atoms with van der Waals surface area (Å²) < 4.78 is 5.44. The lowest BCUT2D eigenvalue weighted by Crippen LogP contribution is -2.44. The van der Waals surface area contributed by atoms with Gasteiger partial charge in [-0.3, -0.25) is 4.79 Å². The molecule has 2 heterocycles. The summed E-state index contributed by atoms with van der Waals surface area (Å²) in [5, 5.41) is 7.10. The van der Waals surface area contributed by atoms with Gasteiger partial charge in [-0.15, -0.1) is 0 Å². The van der Waals surface area contributed by atoms with Crippen LogP contribution in [0.1, 0.15) is 46.6 Å². The van der Waals surface area contributed by atoms with E-state index in [-0.39, 0.29) is 5.91 Å². The number of nitrogens with one attached hydrogen (secondary N) is 1. The molecule has 1 aliphatic heterocycles. The number of rotatable bonds is 3. The number of hydrogen-bond donors (Lipinski definition) is 1. The number of piperazine rings is 1. The van der Waals surface area contributed by atoms with Crippen molar-refractivity contribution < 1.29 is 9.32 Å². The summed E-state index contributed by atoms with van der Waals surface area (Å²) in [5.41, 5.74) is 4.57. The highest BCUT2D eigenvalue weighted by molar-refractivity contribution is 6.04. The van der Waals surface area contributed by atoms with Gasteiger partial charge < -0.3 is 19.6 Å². The minimum Gasteiger partial charge on any atom is -0.369 e. The number of fused-ring (bicyclic) bond motifs is 1. The molecule has 2 aliphatic rings. The van der Waals surface area contributed by atoms with Crippen LogP contribution in [-0.4, -0.2) is 49.2 Å². The molecule has 27 heavy (non-hydrogen) atoms. The van der Waals surface area contributed by atoms with Crippen molar-refractivity contribution in [2.75, 3.05) is 43.4 Å². The van der Waals surface area contributed by atoms with Crippen molar-refractivity contribution in [1.82, 2.24) is 10.1 Å². The number of benzene rings is 1. The predicted molar refractivity (Wildman–Crippen MR) is 107 cm³/mol. The number of amides is 1. The van der Waals surface area contributed by atoms with Gasteiger partial charge in [-0.2, -0.15) is 0 Å². The first-order valence-electron chi connectivity index (χ1n) is 9.95. The van der Waals surface area contributed by atoms with Gasteiger partial charge in [0.25, 0.3) is 5.91 Å². The molecule has 0 atom stereocenters. The zero-order valence-electron chi connectivity index (χ0n) is 16.3. The molecule has 4 rings (SSSR count). The van der Waals surface area contributed by atoms with Crippen molar-refractivity contribution in [1.29, 1.82) is 0 Å². The van der Waals surface area contributed by atoms with Crippen LogP contribution < -0.4 is 10.2 Å². The molecule has 1 amide bonds. The Bertz CT molecular complexity index is 822. The SMILES string of the molecule is Cc1cc(N2CCN(C)CC2)ccc1NC(=O)c1noc2c1CCCCC2. The zero-order chi connectivity index (χ0) is 18.8. The first-order chi connectivity index (χ1) is 13.1. The number of hydrogen-bond acceptors (Lipinski definition) is 5. The van der Waals surface area contributed by atoms with Crippen molar-refractivity contribution in [3.05, 3.63) is 40.8 Å². The Morgan fingerprint density at radius 1 is 1.11 bits per heavy atom. The van der Waals surface area contributed by atoms with Crippen LogP contribution in [-0.2, 0) is 12.8 Å². The molecular weight excluding hydrogens is 340 g/mol. The Balaban J connectivity index is 1.48. The van der Waals surface area contributed by atoms with Gasteiger partial charge in [0.15, 0.2) is 5.69 Å². The maximum Gasteiger partial charge on any atom is 0.278 e. The zero-order valence-corrected chi connectivity index (χ0v) is 16.3. The Morgan fingerprint density at radius 3 is 2.67 bits per heavy atom. The molecule has 0 unspecified atom stereocenters. The van der Waals surface area contributed by atoms with Crippen LogP contribution in [0.5, 0.6) is 0 Å². The monoisotopic (exact) mass is 368 g/mol. The van der Waals surface area contributed by atoms with E-state index in [2.05, 4.69) is 39.5 Å². The van der Waals surface area contributed by atoms with Crippen LogP contribution in [0.4, 0.5) is 11.4 Å². The number of carbonyl (C=O) groups is 1. The molecule has 144 valence electrons. The van der Waals surface area contributed by atoms with Crippen LogP contribution in [0.3, 0.4) is 0 Å². The molecule has 0 radical (unpaired) electrons. The molecule has 1 aromatic heterocycles. The van der Waals surface area contributed by atoms with Gasteiger partial charge in [-0.05, 0) is 57.0 Å². The molecule has 1 aromatic carbocycles. The fourth-order valence-corrected chi connectivity index (χ4v) is 3.97. The fraction of sp³-hybridized carbons (Fsp3) is 0.524. The first kappa shape index (κ1) is 18.0. The second-order valence-electron chi connectivity index (χ2n) is 7.74. The van der Waals surface area contributed by atoms with Crippen LogP contribution in [0, 0.1) is 6.92 Å². The Hall–Kier alpha value is -2.34. The number of anilines is 2. The van der Waals surface area contributed by atoms with Crippen LogP contribution in [0.2, 0.25) is 0 Å². The van der Waals surface area contributed by atoms with E-state index in [0.29, 0.717) is 5.69 Å². The number of likely N-dealkylation sites (N-methyl/N-ethyl adjacent to an activating group) is 1. The summed E-state index contributed by atoms with van der Waals surface area (Å²) in [6.45, 7) is 6.27. The van der Waals surface area contributed by atoms with Crippen LogP contribution in [0.25, 0.3) is 0 Å². The maximum atomic E-state index is 12.8. The average molecular weight is 368 g/mol. The van der Waals surface area contributed by atoms with E-state index >= 15 is 0 Å². The fourth-order valence-electron chi connectivity index (χ4n) is 3.97. The molecule has 2 aromatic rings. The van der Waals surface area contributed by atoms with E-state index in [9.17, 15) is 4.79 Å². The molecule has 0 saturated carbocycles. The molecule has 0 bridgehead atoms. The topological polar surface area (TPSA) is 61.6 Å². The predicted octanol–water partition coefficient (Wildman–Crippen LogP) is 3.26. The van der Waals surface area contributed by atoms with Crippen molar-refractivity contribution >= 4 is 17.3 Å². The highest BCUT2D eigenvalue weighted by Crippen LogP contribution is 2.27. The van der Waals surface area contributed by atoms with Gasteiger partial charge in [0.2, 0.25) is 0 Å². The van der Waals surface area contributed by atoms with Crippen LogP contribution >= 0.6 is 0 Å². The quantitative estimate of drug-likeness (QED) is 0.843. The lowest BCUT2D eigenvalue weighted by Gasteiger charge is -2.34. The van der Waals surface area contributed by atoms with E-state index in [0.717, 1.165) is 74.4 Å². The van der Waals surface area contributed by atoms with Crippen molar-refractivity contribution in [3.63, 3.8) is 0 Å². The standard InChI is InChI=1S/C21H28N4O2/c1-15-14-16(25-12-10-24(2)11-13-25)8-9-18(15)22-21(26)20-17-6-4-3-5-7-19(17)27-23-20/h8-9,14H,3-7,10-13H2,1-2H3,(H,22,26). The molecule has 1 aliphatic carbocycles. The largest absolute Gasteiger partial charge is 0.369 e. The normalized spacial score (nSPS) is 18.1. The Morgan fingerprint density at radius 2 is 1.89 bits per heavy atom. The van der Waals surface area contributed by atoms with E-state index in [4.69, 9.17) is 4.52 Å². The number of nitrogens with zero attached hydrogens (tertiary/aromatic N) is 3. The maximum absolute atomic E-state index is 12.8. The summed E-state index contributed by atoms with van der Waals surface area (Å²) in [7, 11) is 2.16. The van der Waals surface area contributed by atoms with Gasteiger partial charge in [0, 0.05) is 49.5 Å².